The van der Waals surface area contributed by atoms with Crippen LogP contribution >= 0.6 is 0 Å². The number of rotatable bonds is 10. The van der Waals surface area contributed by atoms with E-state index in [2.05, 4.69) is 41.1 Å². The summed E-state index contributed by atoms with van der Waals surface area (Å²) in [5.74, 6) is 2.02. The van der Waals surface area contributed by atoms with E-state index in [0.29, 0.717) is 19.8 Å². The van der Waals surface area contributed by atoms with Gasteiger partial charge in [-0.1, -0.05) is 30.3 Å². The number of nitrogens with one attached hydrogen (secondary N) is 1. The van der Waals surface area contributed by atoms with Gasteiger partial charge in [-0.3, -0.25) is 4.79 Å². The van der Waals surface area contributed by atoms with E-state index in [1.54, 1.807) is 0 Å². The highest BCUT2D eigenvalue weighted by Gasteiger charge is 2.22. The molecule has 3 aromatic rings. The molecule has 1 aliphatic heterocycles. The van der Waals surface area contributed by atoms with Crippen LogP contribution in [0.3, 0.4) is 0 Å². The van der Waals surface area contributed by atoms with Crippen LogP contribution in [0.4, 0.5) is 0 Å². The second kappa shape index (κ2) is 10.4. The molecule has 1 aliphatic rings. The number of amides is 1. The summed E-state index contributed by atoms with van der Waals surface area (Å²) in [5, 5.41) is 3.00. The fourth-order valence-corrected chi connectivity index (χ4v) is 4.05. The molecule has 2 heterocycles. The SMILES string of the molecule is Cc1ccccc1OCCCn1c(CCCNC(=O)C2CCCO2)nc2ccccc21. The number of fused-ring (bicyclic) bond motifs is 1. The fraction of sp³-hybridized carbons (Fsp3) is 0.440. The van der Waals surface area contributed by atoms with Gasteiger partial charge in [-0.05, 0) is 56.4 Å². The van der Waals surface area contributed by atoms with Crippen LogP contribution in [0.25, 0.3) is 11.0 Å². The van der Waals surface area contributed by atoms with Gasteiger partial charge in [-0.2, -0.15) is 0 Å². The number of ether oxygens (including phenoxy) is 2. The molecule has 1 saturated heterocycles. The van der Waals surface area contributed by atoms with Gasteiger partial charge in [-0.15, -0.1) is 0 Å². The van der Waals surface area contributed by atoms with Crippen LogP contribution in [-0.4, -0.2) is 41.3 Å². The number of aromatic nitrogens is 2. The molecule has 1 fully saturated rings. The first kappa shape index (κ1) is 21.4. The molecule has 0 aliphatic carbocycles. The highest BCUT2D eigenvalue weighted by Crippen LogP contribution is 2.19. The van der Waals surface area contributed by atoms with Gasteiger partial charge in [0.1, 0.15) is 17.7 Å². The largest absolute Gasteiger partial charge is 0.493 e. The van der Waals surface area contributed by atoms with E-state index < -0.39 is 0 Å². The summed E-state index contributed by atoms with van der Waals surface area (Å²) in [6, 6.07) is 16.3. The van der Waals surface area contributed by atoms with Crippen molar-refractivity contribution in [2.45, 2.75) is 51.7 Å². The van der Waals surface area contributed by atoms with Crippen LogP contribution in [0.5, 0.6) is 5.75 Å². The predicted molar refractivity (Wildman–Crippen MR) is 121 cm³/mol. The van der Waals surface area contributed by atoms with E-state index in [-0.39, 0.29) is 12.0 Å². The average molecular weight is 422 g/mol. The number of nitrogens with zero attached hydrogens (tertiary/aromatic N) is 2. The van der Waals surface area contributed by atoms with Crippen LogP contribution in [0, 0.1) is 6.92 Å². The van der Waals surface area contributed by atoms with Crippen molar-refractivity contribution in [3.8, 4) is 5.75 Å². The maximum Gasteiger partial charge on any atom is 0.249 e. The van der Waals surface area contributed by atoms with E-state index in [0.717, 1.165) is 66.8 Å². The van der Waals surface area contributed by atoms with Gasteiger partial charge in [0.05, 0.1) is 17.6 Å². The molecule has 6 heteroatoms. The minimum absolute atomic E-state index is 0.0133. The predicted octanol–water partition coefficient (Wildman–Crippen LogP) is 4.04. The lowest BCUT2D eigenvalue weighted by atomic mass is 10.2. The number of hydrogen-bond donors (Lipinski definition) is 1. The normalized spacial score (nSPS) is 16.0. The van der Waals surface area contributed by atoms with Crippen molar-refractivity contribution >= 4 is 16.9 Å². The average Bonchev–Trinajstić information content (AvgIpc) is 3.44. The monoisotopic (exact) mass is 421 g/mol. The van der Waals surface area contributed by atoms with Gasteiger partial charge in [0.2, 0.25) is 5.91 Å². The summed E-state index contributed by atoms with van der Waals surface area (Å²) < 4.78 is 13.7. The Morgan fingerprint density at radius 2 is 2.03 bits per heavy atom. The Balaban J connectivity index is 1.32. The molecule has 0 radical (unpaired) electrons. The Morgan fingerprint density at radius 1 is 1.19 bits per heavy atom. The zero-order valence-corrected chi connectivity index (χ0v) is 18.2. The molecule has 1 amide bonds. The summed E-state index contributed by atoms with van der Waals surface area (Å²) in [6.45, 7) is 4.90. The zero-order valence-electron chi connectivity index (χ0n) is 18.2. The fourth-order valence-electron chi connectivity index (χ4n) is 4.05. The molecule has 0 bridgehead atoms. The second-order valence-corrected chi connectivity index (χ2v) is 8.03. The summed E-state index contributed by atoms with van der Waals surface area (Å²) in [5.41, 5.74) is 3.32. The summed E-state index contributed by atoms with van der Waals surface area (Å²) >= 11 is 0. The quantitative estimate of drug-likeness (QED) is 0.502. The lowest BCUT2D eigenvalue weighted by molar-refractivity contribution is -0.130. The summed E-state index contributed by atoms with van der Waals surface area (Å²) in [6.07, 6.45) is 4.10. The number of aryl methyl sites for hydroxylation is 3. The van der Waals surface area contributed by atoms with E-state index in [9.17, 15) is 4.79 Å². The highest BCUT2D eigenvalue weighted by atomic mass is 16.5. The third kappa shape index (κ3) is 5.44. The summed E-state index contributed by atoms with van der Waals surface area (Å²) in [7, 11) is 0. The Morgan fingerprint density at radius 3 is 2.87 bits per heavy atom. The number of imidazole rings is 1. The van der Waals surface area contributed by atoms with E-state index >= 15 is 0 Å². The van der Waals surface area contributed by atoms with Gasteiger partial charge in [0, 0.05) is 26.1 Å². The molecular formula is C25H31N3O3. The van der Waals surface area contributed by atoms with Crippen LogP contribution in [-0.2, 0) is 22.5 Å². The van der Waals surface area contributed by atoms with Crippen molar-refractivity contribution < 1.29 is 14.3 Å². The van der Waals surface area contributed by atoms with E-state index in [1.165, 1.54) is 0 Å². The van der Waals surface area contributed by atoms with Gasteiger partial charge in [0.15, 0.2) is 0 Å². The topological polar surface area (TPSA) is 65.4 Å². The first-order valence-electron chi connectivity index (χ1n) is 11.2. The molecule has 1 atom stereocenters. The number of para-hydroxylation sites is 3. The van der Waals surface area contributed by atoms with Crippen molar-refractivity contribution in [3.05, 3.63) is 59.9 Å². The van der Waals surface area contributed by atoms with Crippen LogP contribution in [0.1, 0.15) is 37.1 Å². The molecular weight excluding hydrogens is 390 g/mol. The van der Waals surface area contributed by atoms with Crippen molar-refractivity contribution in [3.63, 3.8) is 0 Å². The Bertz CT molecular complexity index is 1010. The molecule has 0 spiro atoms. The molecule has 0 saturated carbocycles. The maximum atomic E-state index is 12.1. The van der Waals surface area contributed by atoms with E-state index in [4.69, 9.17) is 14.5 Å². The first-order chi connectivity index (χ1) is 15.2. The molecule has 164 valence electrons. The van der Waals surface area contributed by atoms with Crippen molar-refractivity contribution in [2.75, 3.05) is 19.8 Å². The lowest BCUT2D eigenvalue weighted by Crippen LogP contribution is -2.34. The number of carbonyl (C=O) groups excluding carboxylic acids is 1. The first-order valence-corrected chi connectivity index (χ1v) is 11.2. The molecule has 31 heavy (non-hydrogen) atoms. The smallest absolute Gasteiger partial charge is 0.249 e. The minimum atomic E-state index is -0.266. The standard InChI is InChI=1S/C25H31N3O3/c1-19-9-2-5-12-22(19)30-18-8-16-28-21-11-4-3-10-20(21)27-24(28)14-6-15-26-25(29)23-13-7-17-31-23/h2-5,9-12,23H,6-8,13-18H2,1H3,(H,26,29). The van der Waals surface area contributed by atoms with Crippen molar-refractivity contribution in [1.29, 1.82) is 0 Å². The lowest BCUT2D eigenvalue weighted by Gasteiger charge is -2.12. The van der Waals surface area contributed by atoms with Crippen LogP contribution < -0.4 is 10.1 Å². The number of carbonyl (C=O) groups is 1. The third-order valence-electron chi connectivity index (χ3n) is 5.71. The van der Waals surface area contributed by atoms with Crippen molar-refractivity contribution in [1.82, 2.24) is 14.9 Å². The van der Waals surface area contributed by atoms with Crippen LogP contribution in [0.15, 0.2) is 48.5 Å². The Labute approximate surface area is 183 Å². The van der Waals surface area contributed by atoms with Crippen LogP contribution in [0.2, 0.25) is 0 Å². The second-order valence-electron chi connectivity index (χ2n) is 8.03. The molecule has 4 rings (SSSR count). The molecule has 2 aromatic carbocycles. The zero-order chi connectivity index (χ0) is 21.5. The van der Waals surface area contributed by atoms with E-state index in [1.807, 2.05) is 24.3 Å². The van der Waals surface area contributed by atoms with Gasteiger partial charge >= 0.3 is 0 Å². The Hall–Kier alpha value is -2.86. The molecule has 1 unspecified atom stereocenters. The maximum absolute atomic E-state index is 12.1. The molecule has 1 aromatic heterocycles. The molecule has 1 N–H and O–H groups in total. The van der Waals surface area contributed by atoms with Gasteiger partial charge in [-0.25, -0.2) is 4.98 Å². The highest BCUT2D eigenvalue weighted by molar-refractivity contribution is 5.80. The minimum Gasteiger partial charge on any atom is -0.493 e. The number of benzene rings is 2. The number of hydrogen-bond acceptors (Lipinski definition) is 4. The van der Waals surface area contributed by atoms with Crippen molar-refractivity contribution in [2.24, 2.45) is 0 Å². The van der Waals surface area contributed by atoms with Gasteiger partial charge in [0.25, 0.3) is 0 Å². The van der Waals surface area contributed by atoms with Gasteiger partial charge < -0.3 is 19.4 Å². The molecule has 6 nitrogen and oxygen atoms in total. The third-order valence-corrected chi connectivity index (χ3v) is 5.71. The Kier molecular flexibility index (Phi) is 7.20. The summed E-state index contributed by atoms with van der Waals surface area (Å²) in [4.78, 5) is 17.0.